The molecule has 6 nitrogen and oxygen atoms in total. The lowest BCUT2D eigenvalue weighted by Crippen LogP contribution is -2.29. The van der Waals surface area contributed by atoms with Gasteiger partial charge in [0.15, 0.2) is 5.12 Å². The molecule has 1 unspecified atom stereocenters. The summed E-state index contributed by atoms with van der Waals surface area (Å²) in [6.45, 7) is 5.52. The first kappa shape index (κ1) is 17.6. The quantitative estimate of drug-likeness (QED) is 0.401. The fourth-order valence-electron chi connectivity index (χ4n) is 1.11. The zero-order valence-corrected chi connectivity index (χ0v) is 12.2. The van der Waals surface area contributed by atoms with E-state index in [2.05, 4.69) is 10.1 Å². The average molecular weight is 289 g/mol. The Kier molecular flexibility index (Phi) is 8.86. The van der Waals surface area contributed by atoms with E-state index in [4.69, 9.17) is 0 Å². The molecule has 0 aliphatic heterocycles. The van der Waals surface area contributed by atoms with Crippen LogP contribution in [0.5, 0.6) is 0 Å². The lowest BCUT2D eigenvalue weighted by atomic mass is 10.3. The van der Waals surface area contributed by atoms with Gasteiger partial charge >= 0.3 is 5.97 Å². The second-order valence-corrected chi connectivity index (χ2v) is 5.27. The van der Waals surface area contributed by atoms with Crippen molar-refractivity contribution in [3.05, 3.63) is 0 Å². The standard InChI is InChI=1S/C12H19NO5S/c1-4-10(15)13-7-8(3)19-11(16)6-9(14)12(17)18-5-2/h8H,4-7H2,1-3H3,(H,13,15). The minimum absolute atomic E-state index is 0.0949. The van der Waals surface area contributed by atoms with Crippen LogP contribution in [0.15, 0.2) is 0 Å². The van der Waals surface area contributed by atoms with Crippen molar-refractivity contribution in [2.45, 2.75) is 38.9 Å². The van der Waals surface area contributed by atoms with Crippen molar-refractivity contribution >= 4 is 34.5 Å². The third-order valence-electron chi connectivity index (χ3n) is 2.05. The number of nitrogens with one attached hydrogen (secondary N) is 1. The monoisotopic (exact) mass is 289 g/mol. The largest absolute Gasteiger partial charge is 0.460 e. The lowest BCUT2D eigenvalue weighted by Gasteiger charge is -2.10. The zero-order valence-electron chi connectivity index (χ0n) is 11.4. The predicted molar refractivity (Wildman–Crippen MR) is 71.6 cm³/mol. The molecule has 19 heavy (non-hydrogen) atoms. The molecule has 108 valence electrons. The summed E-state index contributed by atoms with van der Waals surface area (Å²) in [4.78, 5) is 44.8. The van der Waals surface area contributed by atoms with Crippen LogP contribution in [0.1, 0.15) is 33.6 Å². The van der Waals surface area contributed by atoms with Crippen molar-refractivity contribution in [1.82, 2.24) is 5.32 Å². The normalized spacial score (nSPS) is 11.5. The molecule has 7 heteroatoms. The topological polar surface area (TPSA) is 89.5 Å². The Bertz CT molecular complexity index is 356. The predicted octanol–water partition coefficient (Wildman–Crippen LogP) is 0.683. The summed E-state index contributed by atoms with van der Waals surface area (Å²) >= 11 is 0.934. The summed E-state index contributed by atoms with van der Waals surface area (Å²) in [5.74, 6) is -1.92. The van der Waals surface area contributed by atoms with Crippen molar-refractivity contribution in [1.29, 1.82) is 0 Å². The van der Waals surface area contributed by atoms with E-state index < -0.39 is 23.3 Å². The number of carbonyl (C=O) groups excluding carboxylic acids is 4. The van der Waals surface area contributed by atoms with Crippen LogP contribution in [-0.4, -0.2) is 41.2 Å². The molecule has 0 aromatic carbocycles. The molecule has 0 heterocycles. The highest BCUT2D eigenvalue weighted by Gasteiger charge is 2.20. The molecule has 0 radical (unpaired) electrons. The molecule has 1 amide bonds. The number of amides is 1. The van der Waals surface area contributed by atoms with Gasteiger partial charge in [0, 0.05) is 18.2 Å². The maximum Gasteiger partial charge on any atom is 0.375 e. The first-order valence-electron chi connectivity index (χ1n) is 6.06. The molecule has 0 saturated heterocycles. The molecular weight excluding hydrogens is 270 g/mol. The van der Waals surface area contributed by atoms with Gasteiger partial charge in [-0.1, -0.05) is 25.6 Å². The number of esters is 1. The van der Waals surface area contributed by atoms with Crippen molar-refractivity contribution in [3.8, 4) is 0 Å². The van der Waals surface area contributed by atoms with Gasteiger partial charge in [0.25, 0.3) is 0 Å². The van der Waals surface area contributed by atoms with Gasteiger partial charge in [-0.2, -0.15) is 0 Å². The van der Waals surface area contributed by atoms with E-state index >= 15 is 0 Å². The highest BCUT2D eigenvalue weighted by molar-refractivity contribution is 8.14. The molecule has 0 fully saturated rings. The summed E-state index contributed by atoms with van der Waals surface area (Å²) in [7, 11) is 0. The first-order chi connectivity index (χ1) is 8.90. The van der Waals surface area contributed by atoms with Crippen LogP contribution in [0.2, 0.25) is 0 Å². The highest BCUT2D eigenvalue weighted by atomic mass is 32.2. The maximum atomic E-state index is 11.5. The molecule has 0 spiro atoms. The Morgan fingerprint density at radius 1 is 1.21 bits per heavy atom. The Morgan fingerprint density at radius 2 is 1.84 bits per heavy atom. The Morgan fingerprint density at radius 3 is 2.37 bits per heavy atom. The van der Waals surface area contributed by atoms with Crippen LogP contribution in [0, 0.1) is 0 Å². The van der Waals surface area contributed by atoms with Gasteiger partial charge in [0.05, 0.1) is 13.0 Å². The molecule has 0 aromatic rings. The van der Waals surface area contributed by atoms with Crippen molar-refractivity contribution in [2.75, 3.05) is 13.2 Å². The summed E-state index contributed by atoms with van der Waals surface area (Å²) in [5, 5.41) is 2.08. The van der Waals surface area contributed by atoms with Gasteiger partial charge in [-0.05, 0) is 6.92 Å². The molecular formula is C12H19NO5S. The van der Waals surface area contributed by atoms with Crippen LogP contribution < -0.4 is 5.32 Å². The highest BCUT2D eigenvalue weighted by Crippen LogP contribution is 2.13. The van der Waals surface area contributed by atoms with Crippen LogP contribution in [0.3, 0.4) is 0 Å². The van der Waals surface area contributed by atoms with Gasteiger partial charge in [0.1, 0.15) is 0 Å². The van der Waals surface area contributed by atoms with Crippen molar-refractivity contribution in [3.63, 3.8) is 0 Å². The van der Waals surface area contributed by atoms with E-state index in [1.807, 2.05) is 0 Å². The fourth-order valence-corrected chi connectivity index (χ4v) is 1.94. The van der Waals surface area contributed by atoms with Crippen LogP contribution in [0.25, 0.3) is 0 Å². The summed E-state index contributed by atoms with van der Waals surface area (Å²) < 4.78 is 4.50. The van der Waals surface area contributed by atoms with Crippen molar-refractivity contribution < 1.29 is 23.9 Å². The first-order valence-corrected chi connectivity index (χ1v) is 6.94. The number of ketones is 1. The number of carbonyl (C=O) groups is 4. The Labute approximate surface area is 116 Å². The fraction of sp³-hybridized carbons (Fsp3) is 0.667. The SMILES string of the molecule is CCOC(=O)C(=O)CC(=O)SC(C)CNC(=O)CC. The molecule has 0 aliphatic rings. The minimum atomic E-state index is -0.983. The van der Waals surface area contributed by atoms with Gasteiger partial charge in [0.2, 0.25) is 11.7 Å². The summed E-state index contributed by atoms with van der Waals surface area (Å²) in [6, 6.07) is 0. The average Bonchev–Trinajstić information content (AvgIpc) is 2.35. The number of rotatable bonds is 8. The van der Waals surface area contributed by atoms with E-state index in [0.29, 0.717) is 13.0 Å². The van der Waals surface area contributed by atoms with Gasteiger partial charge in [-0.25, -0.2) is 4.79 Å². The molecule has 1 atom stereocenters. The third-order valence-corrected chi connectivity index (χ3v) is 3.02. The minimum Gasteiger partial charge on any atom is -0.460 e. The Balaban J connectivity index is 4.00. The number of thioether (sulfide) groups is 1. The molecule has 0 rings (SSSR count). The molecule has 0 bridgehead atoms. The van der Waals surface area contributed by atoms with Gasteiger partial charge in [-0.3, -0.25) is 14.4 Å². The van der Waals surface area contributed by atoms with E-state index in [1.165, 1.54) is 0 Å². The molecule has 0 aromatic heterocycles. The lowest BCUT2D eigenvalue weighted by molar-refractivity contribution is -0.154. The second-order valence-electron chi connectivity index (χ2n) is 3.78. The van der Waals surface area contributed by atoms with E-state index in [-0.39, 0.29) is 17.8 Å². The number of Topliss-reactive ketones (excluding diaryl/α,β-unsaturated/α-hetero) is 1. The number of hydrogen-bond acceptors (Lipinski definition) is 6. The van der Waals surface area contributed by atoms with E-state index in [9.17, 15) is 19.2 Å². The molecule has 1 N–H and O–H groups in total. The second kappa shape index (κ2) is 9.55. The van der Waals surface area contributed by atoms with E-state index in [1.54, 1.807) is 20.8 Å². The van der Waals surface area contributed by atoms with Crippen LogP contribution in [-0.2, 0) is 23.9 Å². The van der Waals surface area contributed by atoms with Crippen LogP contribution >= 0.6 is 11.8 Å². The van der Waals surface area contributed by atoms with Gasteiger partial charge in [-0.15, -0.1) is 0 Å². The Hall–Kier alpha value is -1.37. The number of hydrogen-bond donors (Lipinski definition) is 1. The van der Waals surface area contributed by atoms with E-state index in [0.717, 1.165) is 11.8 Å². The summed E-state index contributed by atoms with van der Waals surface area (Å²) in [5.41, 5.74) is 0. The molecule has 0 aliphatic carbocycles. The smallest absolute Gasteiger partial charge is 0.375 e. The zero-order chi connectivity index (χ0) is 14.8. The van der Waals surface area contributed by atoms with Crippen molar-refractivity contribution in [2.24, 2.45) is 0 Å². The summed E-state index contributed by atoms with van der Waals surface area (Å²) in [6.07, 6.45) is -0.0950. The van der Waals surface area contributed by atoms with Crippen LogP contribution in [0.4, 0.5) is 0 Å². The third kappa shape index (κ3) is 8.36. The number of ether oxygens (including phenoxy) is 1. The molecule has 0 saturated carbocycles. The van der Waals surface area contributed by atoms with Gasteiger partial charge < -0.3 is 10.1 Å². The maximum absolute atomic E-state index is 11.5.